The lowest BCUT2D eigenvalue weighted by molar-refractivity contribution is 0.0700. The summed E-state index contributed by atoms with van der Waals surface area (Å²) < 4.78 is 15.2. The highest BCUT2D eigenvalue weighted by Gasteiger charge is 2.28. The number of hydrogen-bond donors (Lipinski definition) is 0. The number of carbonyl (C=O) groups excluding carboxylic acids is 1. The van der Waals surface area contributed by atoms with Crippen LogP contribution in [0.2, 0.25) is 0 Å². The highest BCUT2D eigenvalue weighted by molar-refractivity contribution is 5.93. The third-order valence-corrected chi connectivity index (χ3v) is 6.17. The van der Waals surface area contributed by atoms with Crippen molar-refractivity contribution in [1.29, 1.82) is 0 Å². The van der Waals surface area contributed by atoms with Crippen LogP contribution in [-0.4, -0.2) is 38.3 Å². The van der Waals surface area contributed by atoms with E-state index in [1.54, 1.807) is 12.1 Å². The average molecular weight is 429 g/mol. The van der Waals surface area contributed by atoms with Crippen molar-refractivity contribution in [2.75, 3.05) is 13.1 Å². The van der Waals surface area contributed by atoms with Gasteiger partial charge in [-0.05, 0) is 73.7 Å². The Hall–Kier alpha value is -3.54. The molecule has 32 heavy (non-hydrogen) atoms. The fourth-order valence-corrected chi connectivity index (χ4v) is 4.53. The monoisotopic (exact) mass is 428 g/mol. The molecule has 1 amide bonds. The largest absolute Gasteiger partial charge is 0.337 e. The van der Waals surface area contributed by atoms with Crippen molar-refractivity contribution in [3.05, 3.63) is 89.4 Å². The number of hydrogen-bond acceptors (Lipinski definition) is 3. The number of likely N-dealkylation sites (tertiary alicyclic amines) is 1. The van der Waals surface area contributed by atoms with Gasteiger partial charge < -0.3 is 9.30 Å². The third-order valence-electron chi connectivity index (χ3n) is 6.17. The van der Waals surface area contributed by atoms with Crippen molar-refractivity contribution < 1.29 is 9.18 Å². The van der Waals surface area contributed by atoms with Gasteiger partial charge in [0.1, 0.15) is 17.2 Å². The lowest BCUT2D eigenvalue weighted by Crippen LogP contribution is -2.39. The second kappa shape index (κ2) is 8.19. The van der Waals surface area contributed by atoms with Gasteiger partial charge in [-0.1, -0.05) is 18.2 Å². The number of benzene rings is 1. The first-order valence-electron chi connectivity index (χ1n) is 11.0. The van der Waals surface area contributed by atoms with Gasteiger partial charge in [0.15, 0.2) is 0 Å². The average Bonchev–Trinajstić information content (AvgIpc) is 3.24. The number of piperidine rings is 1. The number of aromatic nitrogens is 3. The molecular weight excluding hydrogens is 403 g/mol. The van der Waals surface area contributed by atoms with Crippen LogP contribution in [0.1, 0.15) is 46.2 Å². The molecule has 3 aromatic heterocycles. The van der Waals surface area contributed by atoms with E-state index in [1.165, 1.54) is 12.1 Å². The molecule has 0 spiro atoms. The van der Waals surface area contributed by atoms with Crippen molar-refractivity contribution in [3.8, 4) is 11.1 Å². The van der Waals surface area contributed by atoms with Crippen LogP contribution >= 0.6 is 0 Å². The molecule has 1 aromatic carbocycles. The maximum atomic E-state index is 13.3. The van der Waals surface area contributed by atoms with Gasteiger partial charge in [-0.3, -0.25) is 9.78 Å². The van der Waals surface area contributed by atoms with Gasteiger partial charge in [0, 0.05) is 42.8 Å². The molecule has 0 N–H and O–H groups in total. The number of aryl methyl sites for hydroxylation is 2. The Morgan fingerprint density at radius 1 is 1.06 bits per heavy atom. The van der Waals surface area contributed by atoms with Gasteiger partial charge in [0.05, 0.1) is 0 Å². The molecule has 0 saturated carbocycles. The van der Waals surface area contributed by atoms with E-state index in [9.17, 15) is 9.18 Å². The molecule has 1 fully saturated rings. The number of amides is 1. The molecule has 6 heteroatoms. The summed E-state index contributed by atoms with van der Waals surface area (Å²) in [5.41, 5.74) is 6.21. The Morgan fingerprint density at radius 2 is 1.88 bits per heavy atom. The molecule has 0 aliphatic carbocycles. The Morgan fingerprint density at radius 3 is 2.66 bits per heavy atom. The zero-order valence-electron chi connectivity index (χ0n) is 18.3. The Kier molecular flexibility index (Phi) is 5.21. The second-order valence-electron chi connectivity index (χ2n) is 8.57. The topological polar surface area (TPSA) is 50.5 Å². The summed E-state index contributed by atoms with van der Waals surface area (Å²) in [7, 11) is 0. The normalized spacial score (nSPS) is 16.5. The van der Waals surface area contributed by atoms with Crippen LogP contribution in [0.4, 0.5) is 4.39 Å². The van der Waals surface area contributed by atoms with Crippen LogP contribution in [0.5, 0.6) is 0 Å². The van der Waals surface area contributed by atoms with E-state index in [0.29, 0.717) is 12.2 Å². The predicted molar refractivity (Wildman–Crippen MR) is 122 cm³/mol. The van der Waals surface area contributed by atoms with E-state index >= 15 is 0 Å². The molecule has 1 saturated heterocycles. The second-order valence-corrected chi connectivity index (χ2v) is 8.57. The van der Waals surface area contributed by atoms with Gasteiger partial charge in [-0.15, -0.1) is 0 Å². The van der Waals surface area contributed by atoms with E-state index in [0.717, 1.165) is 53.1 Å². The maximum Gasteiger partial charge on any atom is 0.274 e. The maximum absolute atomic E-state index is 13.3. The van der Waals surface area contributed by atoms with Crippen molar-refractivity contribution in [3.63, 3.8) is 0 Å². The number of halogens is 1. The van der Waals surface area contributed by atoms with Crippen LogP contribution in [0.25, 0.3) is 16.8 Å². The summed E-state index contributed by atoms with van der Waals surface area (Å²) in [6, 6.07) is 14.6. The van der Waals surface area contributed by atoms with Gasteiger partial charge in [-0.2, -0.15) is 0 Å². The standard InChI is InChI=1S/C26H25FN4O/c1-17-5-3-11-30-16-24(29-25(17)30)26(32)31-12-4-6-20(15-31)23-14-21(13-18(2)28-23)19-7-9-22(27)10-8-19/h3,5,7-11,13-14,16,20H,4,6,12,15H2,1-2H3. The molecule has 1 aliphatic heterocycles. The summed E-state index contributed by atoms with van der Waals surface area (Å²) >= 11 is 0. The van der Waals surface area contributed by atoms with Gasteiger partial charge >= 0.3 is 0 Å². The minimum Gasteiger partial charge on any atom is -0.337 e. The molecule has 5 rings (SSSR count). The SMILES string of the molecule is Cc1cc(-c2ccc(F)cc2)cc(C2CCCN(C(=O)c3cn4cccc(C)c4n3)C2)n1. The van der Waals surface area contributed by atoms with E-state index in [4.69, 9.17) is 4.98 Å². The Bertz CT molecular complexity index is 1300. The zero-order chi connectivity index (χ0) is 22.2. The highest BCUT2D eigenvalue weighted by Crippen LogP contribution is 2.30. The molecule has 1 aliphatic rings. The molecule has 162 valence electrons. The molecular formula is C26H25FN4O. The molecule has 5 nitrogen and oxygen atoms in total. The molecule has 4 aromatic rings. The van der Waals surface area contributed by atoms with E-state index in [2.05, 4.69) is 11.1 Å². The first-order chi connectivity index (χ1) is 15.5. The summed E-state index contributed by atoms with van der Waals surface area (Å²) in [6.45, 7) is 5.31. The van der Waals surface area contributed by atoms with Crippen LogP contribution in [0, 0.1) is 19.7 Å². The fraction of sp³-hybridized carbons (Fsp3) is 0.269. The lowest BCUT2D eigenvalue weighted by Gasteiger charge is -2.32. The van der Waals surface area contributed by atoms with Crippen molar-refractivity contribution >= 4 is 11.6 Å². The summed E-state index contributed by atoms with van der Waals surface area (Å²) in [5.74, 6) is -0.127. The van der Waals surface area contributed by atoms with Gasteiger partial charge in [0.25, 0.3) is 5.91 Å². The zero-order valence-corrected chi connectivity index (χ0v) is 18.3. The van der Waals surface area contributed by atoms with Crippen LogP contribution in [0.15, 0.2) is 60.9 Å². The van der Waals surface area contributed by atoms with Crippen LogP contribution in [-0.2, 0) is 0 Å². The predicted octanol–water partition coefficient (Wildman–Crippen LogP) is 5.17. The van der Waals surface area contributed by atoms with Crippen LogP contribution in [0.3, 0.4) is 0 Å². The van der Waals surface area contributed by atoms with Crippen molar-refractivity contribution in [1.82, 2.24) is 19.3 Å². The Balaban J connectivity index is 1.40. The molecule has 1 unspecified atom stereocenters. The minimum atomic E-state index is -0.247. The fourth-order valence-electron chi connectivity index (χ4n) is 4.53. The lowest BCUT2D eigenvalue weighted by atomic mass is 9.92. The first-order valence-corrected chi connectivity index (χ1v) is 11.0. The summed E-state index contributed by atoms with van der Waals surface area (Å²) in [4.78, 5) is 24.5. The number of imidazole rings is 1. The van der Waals surface area contributed by atoms with Gasteiger partial charge in [-0.25, -0.2) is 9.37 Å². The highest BCUT2D eigenvalue weighted by atomic mass is 19.1. The molecule has 0 bridgehead atoms. The van der Waals surface area contributed by atoms with Gasteiger partial charge in [0.2, 0.25) is 0 Å². The number of rotatable bonds is 3. The molecule has 0 radical (unpaired) electrons. The number of carbonyl (C=O) groups is 1. The first kappa shape index (κ1) is 20.4. The van der Waals surface area contributed by atoms with Crippen molar-refractivity contribution in [2.45, 2.75) is 32.6 Å². The smallest absolute Gasteiger partial charge is 0.274 e. The van der Waals surface area contributed by atoms with E-state index < -0.39 is 0 Å². The summed E-state index contributed by atoms with van der Waals surface area (Å²) in [6.07, 6.45) is 5.63. The molecule has 1 atom stereocenters. The molecule has 4 heterocycles. The van der Waals surface area contributed by atoms with Crippen LogP contribution < -0.4 is 0 Å². The quantitative estimate of drug-likeness (QED) is 0.452. The number of pyridine rings is 2. The van der Waals surface area contributed by atoms with Crippen molar-refractivity contribution in [2.24, 2.45) is 0 Å². The summed E-state index contributed by atoms with van der Waals surface area (Å²) in [5, 5.41) is 0. The van der Waals surface area contributed by atoms with E-state index in [-0.39, 0.29) is 17.6 Å². The number of nitrogens with zero attached hydrogens (tertiary/aromatic N) is 4. The third kappa shape index (κ3) is 3.88. The number of fused-ring (bicyclic) bond motifs is 1. The minimum absolute atomic E-state index is 0.0378. The Labute approximate surface area is 186 Å². The van der Waals surface area contributed by atoms with E-state index in [1.807, 2.05) is 53.7 Å².